The first kappa shape index (κ1) is 19.6. The first-order chi connectivity index (χ1) is 13.4. The molecule has 1 unspecified atom stereocenters. The van der Waals surface area contributed by atoms with Crippen LogP contribution >= 0.6 is 0 Å². The molecular formula is C21H19FN2O3S. The fraction of sp³-hybridized carbons (Fsp3) is 0.0952. The Morgan fingerprint density at radius 3 is 2.32 bits per heavy atom. The van der Waals surface area contributed by atoms with Crippen molar-refractivity contribution in [2.75, 3.05) is 4.72 Å². The number of nitrogens with one attached hydrogen (secondary N) is 2. The number of anilines is 1. The normalized spacial score (nSPS) is 12.2. The predicted octanol–water partition coefficient (Wildman–Crippen LogP) is 4.12. The van der Waals surface area contributed by atoms with Crippen molar-refractivity contribution in [3.8, 4) is 0 Å². The average molecular weight is 398 g/mol. The summed E-state index contributed by atoms with van der Waals surface area (Å²) in [6, 6.07) is 20.2. The lowest BCUT2D eigenvalue weighted by molar-refractivity contribution is 0.0939. The number of hydrogen-bond donors (Lipinski definition) is 2. The van der Waals surface area contributed by atoms with E-state index in [0.717, 1.165) is 11.6 Å². The summed E-state index contributed by atoms with van der Waals surface area (Å²) in [4.78, 5) is 12.4. The monoisotopic (exact) mass is 398 g/mol. The van der Waals surface area contributed by atoms with E-state index in [0.29, 0.717) is 0 Å². The largest absolute Gasteiger partial charge is 0.346 e. The Bertz CT molecular complexity index is 1090. The zero-order valence-corrected chi connectivity index (χ0v) is 15.9. The molecule has 0 heterocycles. The number of para-hydroxylation sites is 1. The van der Waals surface area contributed by atoms with E-state index in [1.165, 1.54) is 42.5 Å². The number of rotatable bonds is 6. The van der Waals surface area contributed by atoms with Gasteiger partial charge in [0.25, 0.3) is 15.9 Å². The minimum absolute atomic E-state index is 0.129. The van der Waals surface area contributed by atoms with E-state index in [2.05, 4.69) is 10.0 Å². The Morgan fingerprint density at radius 2 is 1.61 bits per heavy atom. The summed E-state index contributed by atoms with van der Waals surface area (Å²) in [5, 5.41) is 2.84. The molecule has 5 nitrogen and oxygen atoms in total. The van der Waals surface area contributed by atoms with Crippen LogP contribution in [0, 0.1) is 5.82 Å². The summed E-state index contributed by atoms with van der Waals surface area (Å²) < 4.78 is 41.1. The SMILES string of the molecule is CC(NC(=O)c1cccc(S(=O)(=O)Nc2ccccc2F)c1)c1ccccc1. The molecule has 0 radical (unpaired) electrons. The van der Waals surface area contributed by atoms with Crippen LogP contribution in [0.1, 0.15) is 28.9 Å². The number of amides is 1. The molecule has 1 amide bonds. The second kappa shape index (κ2) is 8.22. The second-order valence-corrected chi connectivity index (χ2v) is 7.90. The molecule has 0 spiro atoms. The quantitative estimate of drug-likeness (QED) is 0.656. The Labute approximate surface area is 163 Å². The van der Waals surface area contributed by atoms with Crippen LogP contribution in [0.3, 0.4) is 0 Å². The lowest BCUT2D eigenvalue weighted by Gasteiger charge is -2.15. The van der Waals surface area contributed by atoms with Gasteiger partial charge in [0.2, 0.25) is 0 Å². The summed E-state index contributed by atoms with van der Waals surface area (Å²) >= 11 is 0. The summed E-state index contributed by atoms with van der Waals surface area (Å²) in [6.45, 7) is 1.84. The minimum atomic E-state index is -4.04. The molecule has 7 heteroatoms. The summed E-state index contributed by atoms with van der Waals surface area (Å²) in [5.74, 6) is -1.09. The van der Waals surface area contributed by atoms with Gasteiger partial charge in [0.1, 0.15) is 5.82 Å². The number of halogens is 1. The van der Waals surface area contributed by atoms with Crippen LogP contribution < -0.4 is 10.0 Å². The molecule has 0 saturated heterocycles. The lowest BCUT2D eigenvalue weighted by Crippen LogP contribution is -2.27. The zero-order valence-electron chi connectivity index (χ0n) is 15.1. The van der Waals surface area contributed by atoms with E-state index in [1.807, 2.05) is 37.3 Å². The van der Waals surface area contributed by atoms with Gasteiger partial charge < -0.3 is 5.32 Å². The fourth-order valence-corrected chi connectivity index (χ4v) is 3.77. The van der Waals surface area contributed by atoms with Gasteiger partial charge in [-0.05, 0) is 42.8 Å². The van der Waals surface area contributed by atoms with Crippen LogP contribution in [0.2, 0.25) is 0 Å². The molecule has 0 aromatic heterocycles. The first-order valence-corrected chi connectivity index (χ1v) is 10.1. The third-order valence-electron chi connectivity index (χ3n) is 4.17. The number of hydrogen-bond acceptors (Lipinski definition) is 3. The van der Waals surface area contributed by atoms with E-state index in [1.54, 1.807) is 0 Å². The van der Waals surface area contributed by atoms with Crippen molar-refractivity contribution in [3.05, 3.63) is 95.8 Å². The van der Waals surface area contributed by atoms with Crippen LogP contribution in [-0.2, 0) is 10.0 Å². The third-order valence-corrected chi connectivity index (χ3v) is 5.54. The molecule has 3 aromatic rings. The van der Waals surface area contributed by atoms with E-state index >= 15 is 0 Å². The first-order valence-electron chi connectivity index (χ1n) is 8.60. The summed E-state index contributed by atoms with van der Waals surface area (Å²) in [7, 11) is -4.04. The lowest BCUT2D eigenvalue weighted by atomic mass is 10.1. The number of sulfonamides is 1. The highest BCUT2D eigenvalue weighted by molar-refractivity contribution is 7.92. The molecule has 0 aliphatic carbocycles. The zero-order chi connectivity index (χ0) is 20.1. The molecule has 3 rings (SSSR count). The van der Waals surface area contributed by atoms with Crippen molar-refractivity contribution >= 4 is 21.6 Å². The molecule has 0 bridgehead atoms. The molecule has 144 valence electrons. The molecule has 0 fully saturated rings. The Hall–Kier alpha value is -3.19. The molecule has 0 aliphatic rings. The Morgan fingerprint density at radius 1 is 0.929 bits per heavy atom. The van der Waals surface area contributed by atoms with Crippen LogP contribution in [0.25, 0.3) is 0 Å². The Kier molecular flexibility index (Phi) is 5.75. The third kappa shape index (κ3) is 4.55. The van der Waals surface area contributed by atoms with Gasteiger partial charge in [-0.15, -0.1) is 0 Å². The van der Waals surface area contributed by atoms with Gasteiger partial charge in [-0.3, -0.25) is 9.52 Å². The Balaban J connectivity index is 1.79. The van der Waals surface area contributed by atoms with Crippen LogP contribution in [-0.4, -0.2) is 14.3 Å². The highest BCUT2D eigenvalue weighted by Crippen LogP contribution is 2.20. The average Bonchev–Trinajstić information content (AvgIpc) is 2.70. The standard InChI is InChI=1S/C21H19FN2O3S/c1-15(16-8-3-2-4-9-16)23-21(25)17-10-7-11-18(14-17)28(26,27)24-20-13-6-5-12-19(20)22/h2-15,24H,1H3,(H,23,25). The van der Waals surface area contributed by atoms with Crippen molar-refractivity contribution in [3.63, 3.8) is 0 Å². The van der Waals surface area contributed by atoms with Gasteiger partial charge >= 0.3 is 0 Å². The van der Waals surface area contributed by atoms with Crippen LogP contribution in [0.4, 0.5) is 10.1 Å². The molecule has 1 atom stereocenters. The van der Waals surface area contributed by atoms with Gasteiger partial charge in [-0.25, -0.2) is 12.8 Å². The van der Waals surface area contributed by atoms with Crippen molar-refractivity contribution in [2.45, 2.75) is 17.9 Å². The van der Waals surface area contributed by atoms with Crippen LogP contribution in [0.15, 0.2) is 83.8 Å². The fourth-order valence-electron chi connectivity index (χ4n) is 2.66. The predicted molar refractivity (Wildman–Crippen MR) is 106 cm³/mol. The maximum Gasteiger partial charge on any atom is 0.262 e. The van der Waals surface area contributed by atoms with Crippen molar-refractivity contribution in [2.24, 2.45) is 0 Å². The van der Waals surface area contributed by atoms with Gasteiger partial charge in [0.15, 0.2) is 0 Å². The topological polar surface area (TPSA) is 75.3 Å². The van der Waals surface area contributed by atoms with Gasteiger partial charge in [-0.2, -0.15) is 0 Å². The van der Waals surface area contributed by atoms with E-state index < -0.39 is 21.7 Å². The highest BCUT2D eigenvalue weighted by Gasteiger charge is 2.19. The number of carbonyl (C=O) groups excluding carboxylic acids is 1. The number of benzene rings is 3. The summed E-state index contributed by atoms with van der Waals surface area (Å²) in [6.07, 6.45) is 0. The van der Waals surface area contributed by atoms with Gasteiger partial charge in [0, 0.05) is 5.56 Å². The maximum atomic E-state index is 13.8. The van der Waals surface area contributed by atoms with E-state index in [9.17, 15) is 17.6 Å². The molecule has 0 aliphatic heterocycles. The summed E-state index contributed by atoms with van der Waals surface area (Å²) in [5.41, 5.74) is 0.968. The van der Waals surface area contributed by atoms with Crippen molar-refractivity contribution in [1.29, 1.82) is 0 Å². The van der Waals surface area contributed by atoms with Gasteiger partial charge in [0.05, 0.1) is 16.6 Å². The highest BCUT2D eigenvalue weighted by atomic mass is 32.2. The molecule has 0 saturated carbocycles. The second-order valence-electron chi connectivity index (χ2n) is 6.22. The number of carbonyl (C=O) groups is 1. The van der Waals surface area contributed by atoms with E-state index in [4.69, 9.17) is 0 Å². The van der Waals surface area contributed by atoms with Crippen molar-refractivity contribution in [1.82, 2.24) is 5.32 Å². The van der Waals surface area contributed by atoms with E-state index in [-0.39, 0.29) is 22.2 Å². The molecular weight excluding hydrogens is 379 g/mol. The minimum Gasteiger partial charge on any atom is -0.346 e. The van der Waals surface area contributed by atoms with Crippen LogP contribution in [0.5, 0.6) is 0 Å². The van der Waals surface area contributed by atoms with Crippen molar-refractivity contribution < 1.29 is 17.6 Å². The molecule has 3 aromatic carbocycles. The maximum absolute atomic E-state index is 13.8. The van der Waals surface area contributed by atoms with Gasteiger partial charge in [-0.1, -0.05) is 48.5 Å². The molecule has 2 N–H and O–H groups in total. The molecule has 28 heavy (non-hydrogen) atoms. The smallest absolute Gasteiger partial charge is 0.262 e.